The Kier molecular flexibility index (Phi) is 6.08. The molecule has 4 heteroatoms. The monoisotopic (exact) mass is 371 g/mol. The zero-order valence-corrected chi connectivity index (χ0v) is 15.7. The average molecular weight is 371 g/mol. The van der Waals surface area contributed by atoms with Crippen molar-refractivity contribution in [3.8, 4) is 11.8 Å². The number of carboxylic acid groups (broad SMARTS) is 1. The molecular formula is C24H21NO3. The number of hydrogen-bond acceptors (Lipinski definition) is 3. The van der Waals surface area contributed by atoms with Crippen LogP contribution in [0.1, 0.15) is 38.2 Å². The lowest BCUT2D eigenvalue weighted by atomic mass is 10.0. The minimum absolute atomic E-state index is 0.297. The van der Waals surface area contributed by atoms with Crippen molar-refractivity contribution in [3.05, 3.63) is 100 Å². The van der Waals surface area contributed by atoms with Crippen LogP contribution < -0.4 is 4.74 Å². The fraction of sp³-hybridized carbons (Fsp3) is 0.167. The highest BCUT2D eigenvalue weighted by Crippen LogP contribution is 2.24. The van der Waals surface area contributed by atoms with Gasteiger partial charge in [0.1, 0.15) is 12.4 Å². The molecule has 0 aliphatic heterocycles. The van der Waals surface area contributed by atoms with Crippen molar-refractivity contribution in [2.24, 2.45) is 0 Å². The molecule has 0 saturated heterocycles. The first-order chi connectivity index (χ1) is 13.6. The average Bonchev–Trinajstić information content (AvgIpc) is 2.71. The SMILES string of the molecule is Cc1cc(COc2ccc(C#N)cc2CCc2ccccc2)ccc1C(=O)O. The van der Waals surface area contributed by atoms with Crippen molar-refractivity contribution in [3.63, 3.8) is 0 Å². The van der Waals surface area contributed by atoms with Gasteiger partial charge in [-0.1, -0.05) is 42.5 Å². The molecule has 3 aromatic carbocycles. The van der Waals surface area contributed by atoms with Gasteiger partial charge in [-0.05, 0) is 66.3 Å². The van der Waals surface area contributed by atoms with E-state index in [1.54, 1.807) is 25.1 Å². The Balaban J connectivity index is 1.75. The molecule has 1 N–H and O–H groups in total. The van der Waals surface area contributed by atoms with Crippen LogP contribution in [0.5, 0.6) is 5.75 Å². The van der Waals surface area contributed by atoms with Crippen LogP contribution in [0.3, 0.4) is 0 Å². The Morgan fingerprint density at radius 2 is 1.79 bits per heavy atom. The zero-order chi connectivity index (χ0) is 19.9. The summed E-state index contributed by atoms with van der Waals surface area (Å²) in [5, 5.41) is 18.4. The molecule has 140 valence electrons. The summed E-state index contributed by atoms with van der Waals surface area (Å²) in [6.45, 7) is 2.12. The van der Waals surface area contributed by atoms with Crippen molar-refractivity contribution in [1.29, 1.82) is 5.26 Å². The van der Waals surface area contributed by atoms with Crippen LogP contribution in [0.25, 0.3) is 0 Å². The van der Waals surface area contributed by atoms with Crippen LogP contribution in [-0.2, 0) is 19.4 Å². The maximum Gasteiger partial charge on any atom is 0.335 e. The van der Waals surface area contributed by atoms with Gasteiger partial charge < -0.3 is 9.84 Å². The van der Waals surface area contributed by atoms with E-state index in [9.17, 15) is 10.1 Å². The Hall–Kier alpha value is -3.58. The second-order valence-corrected chi connectivity index (χ2v) is 6.66. The van der Waals surface area contributed by atoms with Gasteiger partial charge in [-0.15, -0.1) is 0 Å². The largest absolute Gasteiger partial charge is 0.489 e. The van der Waals surface area contributed by atoms with E-state index in [1.165, 1.54) is 5.56 Å². The Labute approximate surface area is 164 Å². The van der Waals surface area contributed by atoms with Crippen molar-refractivity contribution in [2.75, 3.05) is 0 Å². The van der Waals surface area contributed by atoms with Crippen molar-refractivity contribution in [1.82, 2.24) is 0 Å². The van der Waals surface area contributed by atoms with E-state index in [2.05, 4.69) is 18.2 Å². The third-order valence-electron chi connectivity index (χ3n) is 4.63. The quantitative estimate of drug-likeness (QED) is 0.639. The molecular weight excluding hydrogens is 350 g/mol. The summed E-state index contributed by atoms with van der Waals surface area (Å²) >= 11 is 0. The van der Waals surface area contributed by atoms with Crippen molar-refractivity contribution in [2.45, 2.75) is 26.4 Å². The lowest BCUT2D eigenvalue weighted by Crippen LogP contribution is -2.03. The van der Waals surface area contributed by atoms with Crippen LogP contribution in [0, 0.1) is 18.3 Å². The molecule has 0 spiro atoms. The molecule has 0 heterocycles. The van der Waals surface area contributed by atoms with Gasteiger partial charge in [0.05, 0.1) is 17.2 Å². The Morgan fingerprint density at radius 3 is 2.46 bits per heavy atom. The van der Waals surface area contributed by atoms with Gasteiger partial charge in [0.15, 0.2) is 0 Å². The van der Waals surface area contributed by atoms with E-state index in [0.29, 0.717) is 23.3 Å². The molecule has 28 heavy (non-hydrogen) atoms. The Morgan fingerprint density at radius 1 is 1.00 bits per heavy atom. The highest BCUT2D eigenvalue weighted by Gasteiger charge is 2.10. The molecule has 3 aromatic rings. The van der Waals surface area contributed by atoms with E-state index >= 15 is 0 Å². The number of ether oxygens (including phenoxy) is 1. The van der Waals surface area contributed by atoms with Gasteiger partial charge in [-0.2, -0.15) is 5.26 Å². The summed E-state index contributed by atoms with van der Waals surface area (Å²) in [5.41, 5.74) is 4.74. The molecule has 0 atom stereocenters. The maximum atomic E-state index is 11.1. The second-order valence-electron chi connectivity index (χ2n) is 6.66. The van der Waals surface area contributed by atoms with Crippen LogP contribution in [0.15, 0.2) is 66.7 Å². The number of carbonyl (C=O) groups is 1. The number of aromatic carboxylic acids is 1. The molecule has 0 aliphatic carbocycles. The highest BCUT2D eigenvalue weighted by atomic mass is 16.5. The topological polar surface area (TPSA) is 70.3 Å². The van der Waals surface area contributed by atoms with Gasteiger partial charge in [-0.3, -0.25) is 0 Å². The van der Waals surface area contributed by atoms with Gasteiger partial charge in [0, 0.05) is 0 Å². The highest BCUT2D eigenvalue weighted by molar-refractivity contribution is 5.89. The van der Waals surface area contributed by atoms with Crippen LogP contribution >= 0.6 is 0 Å². The third-order valence-corrected chi connectivity index (χ3v) is 4.63. The number of hydrogen-bond donors (Lipinski definition) is 1. The lowest BCUT2D eigenvalue weighted by Gasteiger charge is -2.13. The van der Waals surface area contributed by atoms with Gasteiger partial charge >= 0.3 is 5.97 Å². The first-order valence-corrected chi connectivity index (χ1v) is 9.09. The summed E-state index contributed by atoms with van der Waals surface area (Å²) in [7, 11) is 0. The predicted octanol–water partition coefficient (Wildman–Crippen LogP) is 4.93. The fourth-order valence-electron chi connectivity index (χ4n) is 3.13. The molecule has 0 saturated carbocycles. The number of benzene rings is 3. The normalized spacial score (nSPS) is 10.3. The first kappa shape index (κ1) is 19.2. The standard InChI is InChI=1S/C24H21NO3/c1-17-13-20(8-11-22(17)24(26)27)16-28-23-12-9-19(15-25)14-21(23)10-7-18-5-3-2-4-6-18/h2-6,8-9,11-14H,7,10,16H2,1H3,(H,26,27). The van der Waals surface area contributed by atoms with E-state index in [0.717, 1.165) is 29.7 Å². The van der Waals surface area contributed by atoms with Crippen LogP contribution in [-0.4, -0.2) is 11.1 Å². The maximum absolute atomic E-state index is 11.1. The minimum Gasteiger partial charge on any atom is -0.489 e. The van der Waals surface area contributed by atoms with Crippen LogP contribution in [0.4, 0.5) is 0 Å². The number of nitrogens with zero attached hydrogens (tertiary/aromatic N) is 1. The van der Waals surface area contributed by atoms with E-state index in [-0.39, 0.29) is 0 Å². The molecule has 0 amide bonds. The molecule has 0 unspecified atom stereocenters. The number of nitriles is 1. The minimum atomic E-state index is -0.930. The smallest absolute Gasteiger partial charge is 0.335 e. The molecule has 0 radical (unpaired) electrons. The van der Waals surface area contributed by atoms with E-state index in [1.807, 2.05) is 36.4 Å². The predicted molar refractivity (Wildman–Crippen MR) is 107 cm³/mol. The summed E-state index contributed by atoms with van der Waals surface area (Å²) < 4.78 is 6.01. The summed E-state index contributed by atoms with van der Waals surface area (Å²) in [5.74, 6) is -0.185. The van der Waals surface area contributed by atoms with Crippen molar-refractivity contribution < 1.29 is 14.6 Å². The zero-order valence-electron chi connectivity index (χ0n) is 15.7. The van der Waals surface area contributed by atoms with Gasteiger partial charge in [-0.25, -0.2) is 4.79 Å². The molecule has 0 bridgehead atoms. The molecule has 0 fully saturated rings. The van der Waals surface area contributed by atoms with Crippen LogP contribution in [0.2, 0.25) is 0 Å². The number of rotatable bonds is 7. The molecule has 4 nitrogen and oxygen atoms in total. The van der Waals surface area contributed by atoms with E-state index < -0.39 is 5.97 Å². The summed E-state index contributed by atoms with van der Waals surface area (Å²) in [6, 6.07) is 23.0. The summed E-state index contributed by atoms with van der Waals surface area (Å²) in [6.07, 6.45) is 1.63. The number of carboxylic acids is 1. The van der Waals surface area contributed by atoms with Gasteiger partial charge in [0.25, 0.3) is 0 Å². The number of aryl methyl sites for hydroxylation is 3. The fourth-order valence-corrected chi connectivity index (χ4v) is 3.13. The first-order valence-electron chi connectivity index (χ1n) is 9.09. The Bertz CT molecular complexity index is 1020. The second kappa shape index (κ2) is 8.88. The van der Waals surface area contributed by atoms with E-state index in [4.69, 9.17) is 9.84 Å². The molecule has 0 aromatic heterocycles. The molecule has 3 rings (SSSR count). The van der Waals surface area contributed by atoms with Gasteiger partial charge in [0.2, 0.25) is 0 Å². The lowest BCUT2D eigenvalue weighted by molar-refractivity contribution is 0.0696. The van der Waals surface area contributed by atoms with Crippen molar-refractivity contribution >= 4 is 5.97 Å². The third kappa shape index (κ3) is 4.77. The summed E-state index contributed by atoms with van der Waals surface area (Å²) in [4.78, 5) is 11.1. The molecule has 0 aliphatic rings.